The second-order valence-corrected chi connectivity index (χ2v) is 6.93. The summed E-state index contributed by atoms with van der Waals surface area (Å²) < 4.78 is 6.08. The van der Waals surface area contributed by atoms with Crippen LogP contribution in [0, 0.1) is 11.3 Å². The van der Waals surface area contributed by atoms with Crippen molar-refractivity contribution in [2.45, 2.75) is 72.3 Å². The summed E-state index contributed by atoms with van der Waals surface area (Å²) in [5, 5.41) is 3.75. The Hall–Kier alpha value is -0.760. The average molecular weight is 277 g/mol. The molecule has 1 fully saturated rings. The molecule has 1 aromatic heterocycles. The van der Waals surface area contributed by atoms with Crippen molar-refractivity contribution in [3.8, 4) is 0 Å². The summed E-state index contributed by atoms with van der Waals surface area (Å²) >= 11 is 0. The quantitative estimate of drug-likeness (QED) is 0.782. The molecule has 1 N–H and O–H groups in total. The molecule has 1 aliphatic rings. The number of furan rings is 1. The lowest BCUT2D eigenvalue weighted by Crippen LogP contribution is -2.39. The molecule has 0 bridgehead atoms. The van der Waals surface area contributed by atoms with Crippen molar-refractivity contribution >= 4 is 0 Å². The van der Waals surface area contributed by atoms with Crippen molar-refractivity contribution in [1.29, 1.82) is 0 Å². The van der Waals surface area contributed by atoms with Crippen molar-refractivity contribution in [3.63, 3.8) is 0 Å². The van der Waals surface area contributed by atoms with E-state index < -0.39 is 0 Å². The number of hydrogen-bond acceptors (Lipinski definition) is 2. The van der Waals surface area contributed by atoms with Gasteiger partial charge < -0.3 is 9.73 Å². The van der Waals surface area contributed by atoms with Crippen molar-refractivity contribution < 1.29 is 4.42 Å². The van der Waals surface area contributed by atoms with Crippen LogP contribution in [0.5, 0.6) is 0 Å². The zero-order valence-electron chi connectivity index (χ0n) is 13.7. The monoisotopic (exact) mass is 277 g/mol. The predicted molar refractivity (Wildman–Crippen MR) is 84.9 cm³/mol. The van der Waals surface area contributed by atoms with Crippen LogP contribution >= 0.6 is 0 Å². The van der Waals surface area contributed by atoms with E-state index in [0.717, 1.165) is 24.5 Å². The minimum Gasteiger partial charge on any atom is -0.464 e. The Bertz CT molecular complexity index is 407. The predicted octanol–water partition coefficient (Wildman–Crippen LogP) is 5.10. The van der Waals surface area contributed by atoms with Crippen LogP contribution in [0.25, 0.3) is 0 Å². The van der Waals surface area contributed by atoms with Gasteiger partial charge in [0, 0.05) is 6.42 Å². The third-order valence-corrected chi connectivity index (χ3v) is 4.94. The molecule has 20 heavy (non-hydrogen) atoms. The highest BCUT2D eigenvalue weighted by Crippen LogP contribution is 2.47. The molecule has 2 nitrogen and oxygen atoms in total. The Morgan fingerprint density at radius 3 is 2.70 bits per heavy atom. The molecule has 0 saturated heterocycles. The van der Waals surface area contributed by atoms with E-state index in [-0.39, 0.29) is 0 Å². The Kier molecular flexibility index (Phi) is 5.31. The molecule has 1 aromatic rings. The standard InChI is InChI=1S/C18H31NO/c1-5-13-19-17(16-11-10-14(6-2)20-16)15-9-7-8-12-18(15,3)4/h10-11,15,17,19H,5-9,12-13H2,1-4H3. The fraction of sp³-hybridized carbons (Fsp3) is 0.778. The molecule has 2 unspecified atom stereocenters. The first kappa shape index (κ1) is 15.6. The molecular formula is C18H31NO. The van der Waals surface area contributed by atoms with E-state index in [0.29, 0.717) is 17.4 Å². The Labute approximate surface area is 124 Å². The molecule has 114 valence electrons. The van der Waals surface area contributed by atoms with Gasteiger partial charge in [-0.25, -0.2) is 0 Å². The SMILES string of the molecule is CCCNC(c1ccc(CC)o1)C1CCCCC1(C)C. The summed E-state index contributed by atoms with van der Waals surface area (Å²) in [4.78, 5) is 0. The molecule has 0 spiro atoms. The smallest absolute Gasteiger partial charge is 0.121 e. The molecule has 2 rings (SSSR count). The lowest BCUT2D eigenvalue weighted by molar-refractivity contribution is 0.0888. The molecule has 0 aromatic carbocycles. The van der Waals surface area contributed by atoms with Crippen molar-refractivity contribution in [2.24, 2.45) is 11.3 Å². The summed E-state index contributed by atoms with van der Waals surface area (Å²) in [5.41, 5.74) is 0.406. The maximum atomic E-state index is 6.08. The van der Waals surface area contributed by atoms with E-state index in [9.17, 15) is 0 Å². The van der Waals surface area contributed by atoms with Crippen LogP contribution < -0.4 is 5.32 Å². The van der Waals surface area contributed by atoms with Gasteiger partial charge in [-0.3, -0.25) is 0 Å². The lowest BCUT2D eigenvalue weighted by Gasteiger charge is -2.43. The van der Waals surface area contributed by atoms with Crippen LogP contribution in [0.4, 0.5) is 0 Å². The highest BCUT2D eigenvalue weighted by Gasteiger charge is 2.39. The first-order valence-corrected chi connectivity index (χ1v) is 8.40. The van der Waals surface area contributed by atoms with Gasteiger partial charge in [-0.05, 0) is 49.3 Å². The van der Waals surface area contributed by atoms with Gasteiger partial charge in [-0.15, -0.1) is 0 Å². The topological polar surface area (TPSA) is 25.2 Å². The number of aryl methyl sites for hydroxylation is 1. The van der Waals surface area contributed by atoms with Gasteiger partial charge in [0.2, 0.25) is 0 Å². The third kappa shape index (κ3) is 3.46. The van der Waals surface area contributed by atoms with Gasteiger partial charge in [0.1, 0.15) is 11.5 Å². The summed E-state index contributed by atoms with van der Waals surface area (Å²) in [7, 11) is 0. The van der Waals surface area contributed by atoms with Gasteiger partial charge >= 0.3 is 0 Å². The van der Waals surface area contributed by atoms with Crippen LogP contribution in [-0.2, 0) is 6.42 Å². The van der Waals surface area contributed by atoms with Gasteiger partial charge in [-0.2, -0.15) is 0 Å². The second-order valence-electron chi connectivity index (χ2n) is 6.93. The molecule has 0 amide bonds. The largest absolute Gasteiger partial charge is 0.464 e. The first-order chi connectivity index (χ1) is 9.58. The van der Waals surface area contributed by atoms with E-state index in [4.69, 9.17) is 4.42 Å². The fourth-order valence-electron chi connectivity index (χ4n) is 3.63. The normalized spacial score (nSPS) is 23.7. The second kappa shape index (κ2) is 6.80. The van der Waals surface area contributed by atoms with Gasteiger partial charge in [0.05, 0.1) is 6.04 Å². The van der Waals surface area contributed by atoms with Crippen LogP contribution in [0.3, 0.4) is 0 Å². The number of nitrogens with one attached hydrogen (secondary N) is 1. The summed E-state index contributed by atoms with van der Waals surface area (Å²) in [5.74, 6) is 2.94. The molecule has 2 heteroatoms. The van der Waals surface area contributed by atoms with Crippen LogP contribution in [0.15, 0.2) is 16.5 Å². The van der Waals surface area contributed by atoms with Crippen molar-refractivity contribution in [2.75, 3.05) is 6.54 Å². The van der Waals surface area contributed by atoms with Crippen molar-refractivity contribution in [1.82, 2.24) is 5.32 Å². The van der Waals surface area contributed by atoms with E-state index in [1.807, 2.05) is 0 Å². The van der Waals surface area contributed by atoms with Gasteiger partial charge in [0.15, 0.2) is 0 Å². The summed E-state index contributed by atoms with van der Waals surface area (Å²) in [6, 6.07) is 4.72. The van der Waals surface area contributed by atoms with E-state index in [1.165, 1.54) is 32.1 Å². The van der Waals surface area contributed by atoms with Crippen molar-refractivity contribution in [3.05, 3.63) is 23.7 Å². The zero-order chi connectivity index (χ0) is 14.6. The highest BCUT2D eigenvalue weighted by molar-refractivity contribution is 5.13. The molecule has 0 radical (unpaired) electrons. The summed E-state index contributed by atoms with van der Waals surface area (Å²) in [6.45, 7) is 10.3. The van der Waals surface area contributed by atoms with Crippen LogP contribution in [0.2, 0.25) is 0 Å². The highest BCUT2D eigenvalue weighted by atomic mass is 16.3. The third-order valence-electron chi connectivity index (χ3n) is 4.94. The molecule has 1 aliphatic carbocycles. The molecule has 1 heterocycles. The van der Waals surface area contributed by atoms with Gasteiger partial charge in [0.25, 0.3) is 0 Å². The molecule has 0 aliphatic heterocycles. The van der Waals surface area contributed by atoms with Crippen LogP contribution in [0.1, 0.15) is 77.4 Å². The molecule has 1 saturated carbocycles. The zero-order valence-corrected chi connectivity index (χ0v) is 13.7. The minimum atomic E-state index is 0.380. The molecule has 2 atom stereocenters. The minimum absolute atomic E-state index is 0.380. The van der Waals surface area contributed by atoms with Gasteiger partial charge in [-0.1, -0.05) is 40.5 Å². The molecular weight excluding hydrogens is 246 g/mol. The number of hydrogen-bond donors (Lipinski definition) is 1. The van der Waals surface area contributed by atoms with E-state index in [2.05, 4.69) is 45.1 Å². The Morgan fingerprint density at radius 1 is 1.30 bits per heavy atom. The fourth-order valence-corrected chi connectivity index (χ4v) is 3.63. The number of rotatable bonds is 6. The lowest BCUT2D eigenvalue weighted by atomic mass is 9.65. The Balaban J connectivity index is 2.21. The first-order valence-electron chi connectivity index (χ1n) is 8.40. The van der Waals surface area contributed by atoms with E-state index >= 15 is 0 Å². The average Bonchev–Trinajstić information content (AvgIpc) is 2.89. The maximum absolute atomic E-state index is 6.08. The summed E-state index contributed by atoms with van der Waals surface area (Å²) in [6.07, 6.45) is 7.54. The Morgan fingerprint density at radius 2 is 2.10 bits per heavy atom. The van der Waals surface area contributed by atoms with Crippen LogP contribution in [-0.4, -0.2) is 6.54 Å². The maximum Gasteiger partial charge on any atom is 0.121 e. The van der Waals surface area contributed by atoms with E-state index in [1.54, 1.807) is 0 Å².